The Morgan fingerprint density at radius 3 is 3.00 bits per heavy atom. The lowest BCUT2D eigenvalue weighted by molar-refractivity contribution is 0.792. The second-order valence-corrected chi connectivity index (χ2v) is 3.74. The van der Waals surface area contributed by atoms with Crippen LogP contribution in [-0.2, 0) is 0 Å². The molecule has 1 aromatic heterocycles. The number of anilines is 2. The Balaban J connectivity index is 2.17. The molecule has 0 spiro atoms. The van der Waals surface area contributed by atoms with Gasteiger partial charge in [-0.15, -0.1) is 0 Å². The molecule has 0 saturated heterocycles. The predicted octanol–water partition coefficient (Wildman–Crippen LogP) is 1.55. The Labute approximate surface area is 89.3 Å². The number of nitriles is 1. The van der Waals surface area contributed by atoms with Gasteiger partial charge in [0, 0.05) is 18.8 Å². The minimum atomic E-state index is 0.533. The summed E-state index contributed by atoms with van der Waals surface area (Å²) in [5, 5.41) is 8.61. The van der Waals surface area contributed by atoms with E-state index in [1.165, 1.54) is 12.8 Å². The highest BCUT2D eigenvalue weighted by atomic mass is 15.2. The quantitative estimate of drug-likeness (QED) is 0.804. The lowest BCUT2D eigenvalue weighted by Crippen LogP contribution is -2.27. The van der Waals surface area contributed by atoms with E-state index < -0.39 is 0 Å². The largest absolute Gasteiger partial charge is 0.382 e. The molecule has 1 aromatic rings. The molecule has 1 aliphatic carbocycles. The van der Waals surface area contributed by atoms with Crippen molar-refractivity contribution in [1.29, 1.82) is 5.26 Å². The van der Waals surface area contributed by atoms with Crippen molar-refractivity contribution in [2.24, 2.45) is 0 Å². The fourth-order valence-corrected chi connectivity index (χ4v) is 1.71. The zero-order chi connectivity index (χ0) is 10.7. The molecule has 1 fully saturated rings. The van der Waals surface area contributed by atoms with Crippen LogP contribution in [-0.4, -0.2) is 17.6 Å². The highest BCUT2D eigenvalue weighted by Crippen LogP contribution is 2.33. The zero-order valence-electron chi connectivity index (χ0n) is 8.56. The van der Waals surface area contributed by atoms with Gasteiger partial charge in [-0.1, -0.05) is 0 Å². The number of hydrogen-bond donors (Lipinski definition) is 1. The number of nitrogens with two attached hydrogens (primary N) is 1. The molecule has 0 aliphatic heterocycles. The van der Waals surface area contributed by atoms with Crippen LogP contribution in [0.15, 0.2) is 18.3 Å². The third kappa shape index (κ3) is 2.18. The molecule has 15 heavy (non-hydrogen) atoms. The summed E-state index contributed by atoms with van der Waals surface area (Å²) >= 11 is 0. The van der Waals surface area contributed by atoms with Gasteiger partial charge in [0.15, 0.2) is 0 Å². The van der Waals surface area contributed by atoms with Crippen molar-refractivity contribution >= 4 is 11.5 Å². The topological polar surface area (TPSA) is 65.9 Å². The maximum atomic E-state index is 8.61. The molecule has 78 valence electrons. The Morgan fingerprint density at radius 2 is 2.40 bits per heavy atom. The second-order valence-electron chi connectivity index (χ2n) is 3.74. The molecule has 4 nitrogen and oxygen atoms in total. The Hall–Kier alpha value is -1.76. The van der Waals surface area contributed by atoms with E-state index in [1.54, 1.807) is 6.20 Å². The van der Waals surface area contributed by atoms with Gasteiger partial charge in [0.05, 0.1) is 18.2 Å². The van der Waals surface area contributed by atoms with Crippen LogP contribution in [0.25, 0.3) is 0 Å². The van der Waals surface area contributed by atoms with E-state index in [4.69, 9.17) is 11.0 Å². The summed E-state index contributed by atoms with van der Waals surface area (Å²) in [5.74, 6) is 0.558. The van der Waals surface area contributed by atoms with E-state index in [1.807, 2.05) is 12.1 Å². The van der Waals surface area contributed by atoms with E-state index in [0.717, 1.165) is 12.2 Å². The minimum absolute atomic E-state index is 0.533. The number of nitrogens with zero attached hydrogens (tertiary/aromatic N) is 3. The lowest BCUT2D eigenvalue weighted by atomic mass is 10.3. The highest BCUT2D eigenvalue weighted by molar-refractivity contribution is 5.64. The number of aromatic nitrogens is 1. The molecule has 4 heteroatoms. The first-order valence-electron chi connectivity index (χ1n) is 5.17. The van der Waals surface area contributed by atoms with Crippen molar-refractivity contribution in [2.75, 3.05) is 17.2 Å². The van der Waals surface area contributed by atoms with Crippen LogP contribution in [0.2, 0.25) is 0 Å². The highest BCUT2D eigenvalue weighted by Gasteiger charge is 2.29. The summed E-state index contributed by atoms with van der Waals surface area (Å²) in [5.41, 5.74) is 6.79. The first kappa shape index (κ1) is 9.78. The zero-order valence-corrected chi connectivity index (χ0v) is 8.56. The normalized spacial score (nSPS) is 14.6. The average Bonchev–Trinajstić information content (AvgIpc) is 3.05. The van der Waals surface area contributed by atoms with Gasteiger partial charge in [-0.05, 0) is 25.0 Å². The van der Waals surface area contributed by atoms with E-state index in [9.17, 15) is 0 Å². The van der Waals surface area contributed by atoms with E-state index >= 15 is 0 Å². The van der Waals surface area contributed by atoms with E-state index in [0.29, 0.717) is 18.3 Å². The molecule has 0 atom stereocenters. The van der Waals surface area contributed by atoms with Crippen molar-refractivity contribution in [3.63, 3.8) is 0 Å². The van der Waals surface area contributed by atoms with Gasteiger partial charge in [0.25, 0.3) is 0 Å². The molecule has 0 bridgehead atoms. The summed E-state index contributed by atoms with van der Waals surface area (Å²) in [7, 11) is 0. The van der Waals surface area contributed by atoms with Gasteiger partial charge in [-0.3, -0.25) is 0 Å². The standard InChI is InChI=1S/C11H14N4/c12-6-2-8-15(9-4-5-9)10-3-1-7-14-11(10)13/h1,3,7,9H,2,4-5,8H2,(H2,13,14). The van der Waals surface area contributed by atoms with Crippen molar-refractivity contribution < 1.29 is 0 Å². The fraction of sp³-hybridized carbons (Fsp3) is 0.455. The summed E-state index contributed by atoms with van der Waals surface area (Å²) in [6, 6.07) is 6.58. The molecular formula is C11H14N4. The van der Waals surface area contributed by atoms with Gasteiger partial charge in [0.2, 0.25) is 0 Å². The Morgan fingerprint density at radius 1 is 1.60 bits per heavy atom. The summed E-state index contributed by atoms with van der Waals surface area (Å²) in [4.78, 5) is 6.27. The van der Waals surface area contributed by atoms with Gasteiger partial charge in [0.1, 0.15) is 5.82 Å². The molecule has 0 amide bonds. The van der Waals surface area contributed by atoms with Crippen LogP contribution in [0.1, 0.15) is 19.3 Å². The van der Waals surface area contributed by atoms with Crippen LogP contribution >= 0.6 is 0 Å². The van der Waals surface area contributed by atoms with Gasteiger partial charge < -0.3 is 10.6 Å². The fourth-order valence-electron chi connectivity index (χ4n) is 1.71. The predicted molar refractivity (Wildman–Crippen MR) is 59.2 cm³/mol. The Bertz CT molecular complexity index is 378. The van der Waals surface area contributed by atoms with Gasteiger partial charge >= 0.3 is 0 Å². The van der Waals surface area contributed by atoms with E-state index in [-0.39, 0.29) is 0 Å². The van der Waals surface area contributed by atoms with Crippen LogP contribution in [0.4, 0.5) is 11.5 Å². The minimum Gasteiger partial charge on any atom is -0.382 e. The van der Waals surface area contributed by atoms with E-state index in [2.05, 4.69) is 16.0 Å². The van der Waals surface area contributed by atoms with Crippen LogP contribution in [0, 0.1) is 11.3 Å². The number of hydrogen-bond acceptors (Lipinski definition) is 4. The van der Waals surface area contributed by atoms with Crippen molar-refractivity contribution in [3.8, 4) is 6.07 Å². The number of rotatable bonds is 4. The molecule has 1 heterocycles. The van der Waals surface area contributed by atoms with Crippen LogP contribution < -0.4 is 10.6 Å². The molecular weight excluding hydrogens is 188 g/mol. The molecule has 0 aromatic carbocycles. The Kier molecular flexibility index (Phi) is 2.72. The van der Waals surface area contributed by atoms with Crippen molar-refractivity contribution in [1.82, 2.24) is 4.98 Å². The third-order valence-corrected chi connectivity index (χ3v) is 2.58. The smallest absolute Gasteiger partial charge is 0.146 e. The third-order valence-electron chi connectivity index (χ3n) is 2.58. The number of nitrogen functional groups attached to an aromatic ring is 1. The molecule has 2 rings (SSSR count). The number of pyridine rings is 1. The van der Waals surface area contributed by atoms with Crippen LogP contribution in [0.3, 0.4) is 0 Å². The van der Waals surface area contributed by atoms with Crippen LogP contribution in [0.5, 0.6) is 0 Å². The van der Waals surface area contributed by atoms with Gasteiger partial charge in [-0.25, -0.2) is 4.98 Å². The molecule has 1 saturated carbocycles. The summed E-state index contributed by atoms with van der Waals surface area (Å²) in [6.45, 7) is 0.747. The summed E-state index contributed by atoms with van der Waals surface area (Å²) in [6.07, 6.45) is 4.61. The maximum Gasteiger partial charge on any atom is 0.146 e. The lowest BCUT2D eigenvalue weighted by Gasteiger charge is -2.24. The first-order chi connectivity index (χ1) is 7.33. The maximum absolute atomic E-state index is 8.61. The van der Waals surface area contributed by atoms with Gasteiger partial charge in [-0.2, -0.15) is 5.26 Å². The summed E-state index contributed by atoms with van der Waals surface area (Å²) < 4.78 is 0. The first-order valence-corrected chi connectivity index (χ1v) is 5.17. The molecule has 1 aliphatic rings. The van der Waals surface area contributed by atoms with Crippen molar-refractivity contribution in [2.45, 2.75) is 25.3 Å². The average molecular weight is 202 g/mol. The SMILES string of the molecule is N#CCCN(c1cccnc1N)C1CC1. The second kappa shape index (κ2) is 4.18. The molecule has 2 N–H and O–H groups in total. The monoisotopic (exact) mass is 202 g/mol. The molecule has 0 unspecified atom stereocenters. The van der Waals surface area contributed by atoms with Crippen molar-refractivity contribution in [3.05, 3.63) is 18.3 Å². The molecule has 0 radical (unpaired) electrons.